The van der Waals surface area contributed by atoms with E-state index in [1.165, 1.54) is 37.3 Å². The third kappa shape index (κ3) is 6.95. The summed E-state index contributed by atoms with van der Waals surface area (Å²) in [7, 11) is 0. The Labute approximate surface area is 162 Å². The van der Waals surface area contributed by atoms with Gasteiger partial charge in [0, 0.05) is 6.08 Å². The summed E-state index contributed by atoms with van der Waals surface area (Å²) in [6.45, 7) is 5.50. The van der Waals surface area contributed by atoms with Gasteiger partial charge in [-0.1, -0.05) is 24.8 Å². The van der Waals surface area contributed by atoms with Crippen LogP contribution in [-0.2, 0) is 9.59 Å². The van der Waals surface area contributed by atoms with E-state index in [1.54, 1.807) is 36.4 Å². The molecular weight excluding hydrogens is 363 g/mol. The summed E-state index contributed by atoms with van der Waals surface area (Å²) in [6.07, 6.45) is 3.65. The van der Waals surface area contributed by atoms with Crippen LogP contribution in [0, 0.1) is 5.82 Å². The van der Waals surface area contributed by atoms with Gasteiger partial charge in [0.2, 0.25) is 0 Å². The minimum atomic E-state index is -0.877. The van der Waals surface area contributed by atoms with Gasteiger partial charge < -0.3 is 9.47 Å². The van der Waals surface area contributed by atoms with Gasteiger partial charge in [-0.05, 0) is 55.0 Å². The molecule has 0 spiro atoms. The standard InChI is InChI=1S/C21H21FN2O4/c1-3-14-27-18-9-4-16(5-10-18)6-13-20(25)23-24-21(26)15(2)28-19-11-7-17(22)8-12-19/h3-13,15H,1,14H2,2H3,(H,23,25)(H,24,26)/b13-6+/t15-/m1/s1. The highest BCUT2D eigenvalue weighted by Crippen LogP contribution is 2.14. The van der Waals surface area contributed by atoms with Gasteiger partial charge >= 0.3 is 0 Å². The molecule has 2 aromatic rings. The molecule has 6 nitrogen and oxygen atoms in total. The molecule has 0 aromatic heterocycles. The molecule has 7 heteroatoms. The van der Waals surface area contributed by atoms with Crippen LogP contribution in [0.15, 0.2) is 67.3 Å². The van der Waals surface area contributed by atoms with Crippen LogP contribution >= 0.6 is 0 Å². The van der Waals surface area contributed by atoms with Crippen molar-refractivity contribution in [3.63, 3.8) is 0 Å². The molecule has 2 rings (SSSR count). The van der Waals surface area contributed by atoms with Crippen LogP contribution in [0.3, 0.4) is 0 Å². The van der Waals surface area contributed by atoms with Crippen LogP contribution in [0.25, 0.3) is 6.08 Å². The molecule has 0 heterocycles. The van der Waals surface area contributed by atoms with Crippen LogP contribution in [0.2, 0.25) is 0 Å². The molecule has 0 fully saturated rings. The highest BCUT2D eigenvalue weighted by Gasteiger charge is 2.14. The van der Waals surface area contributed by atoms with Gasteiger partial charge in [0.15, 0.2) is 6.10 Å². The van der Waals surface area contributed by atoms with E-state index >= 15 is 0 Å². The normalized spacial score (nSPS) is 11.5. The van der Waals surface area contributed by atoms with Crippen molar-refractivity contribution < 1.29 is 23.5 Å². The van der Waals surface area contributed by atoms with Crippen molar-refractivity contribution in [2.45, 2.75) is 13.0 Å². The van der Waals surface area contributed by atoms with Gasteiger partial charge in [0.05, 0.1) is 0 Å². The van der Waals surface area contributed by atoms with Crippen molar-refractivity contribution >= 4 is 17.9 Å². The predicted octanol–water partition coefficient (Wildman–Crippen LogP) is 3.02. The number of amides is 2. The van der Waals surface area contributed by atoms with Gasteiger partial charge in [0.1, 0.15) is 23.9 Å². The van der Waals surface area contributed by atoms with Crippen LogP contribution in [-0.4, -0.2) is 24.5 Å². The first-order valence-electron chi connectivity index (χ1n) is 8.52. The number of nitrogens with one attached hydrogen (secondary N) is 2. The summed E-state index contributed by atoms with van der Waals surface area (Å²) in [5, 5.41) is 0. The molecule has 0 bridgehead atoms. The topological polar surface area (TPSA) is 76.7 Å². The second-order valence-electron chi connectivity index (χ2n) is 5.69. The van der Waals surface area contributed by atoms with E-state index in [0.29, 0.717) is 18.1 Å². The molecule has 2 N–H and O–H groups in total. The van der Waals surface area contributed by atoms with E-state index in [2.05, 4.69) is 17.4 Å². The molecule has 1 atom stereocenters. The maximum absolute atomic E-state index is 12.9. The summed E-state index contributed by atoms with van der Waals surface area (Å²) in [4.78, 5) is 23.8. The van der Waals surface area contributed by atoms with Crippen LogP contribution in [0.4, 0.5) is 4.39 Å². The Kier molecular flexibility index (Phi) is 7.77. The molecule has 0 aliphatic carbocycles. The van der Waals surface area contributed by atoms with Gasteiger partial charge in [0.25, 0.3) is 11.8 Å². The number of carbonyl (C=O) groups is 2. The van der Waals surface area contributed by atoms with Crippen molar-refractivity contribution in [2.24, 2.45) is 0 Å². The molecule has 0 radical (unpaired) electrons. The molecule has 0 saturated carbocycles. The quantitative estimate of drug-likeness (QED) is 0.417. The van der Waals surface area contributed by atoms with E-state index in [4.69, 9.17) is 9.47 Å². The molecule has 0 saturated heterocycles. The zero-order chi connectivity index (χ0) is 20.4. The average Bonchev–Trinajstić information content (AvgIpc) is 2.71. The first-order chi connectivity index (χ1) is 13.5. The summed E-state index contributed by atoms with van der Waals surface area (Å²) in [6, 6.07) is 12.4. The number of hydrogen-bond donors (Lipinski definition) is 2. The maximum atomic E-state index is 12.9. The Balaban J connectivity index is 1.77. The molecule has 146 valence electrons. The van der Waals surface area contributed by atoms with Crippen LogP contribution in [0.1, 0.15) is 12.5 Å². The summed E-state index contributed by atoms with van der Waals surface area (Å²) >= 11 is 0. The number of carbonyl (C=O) groups excluding carboxylic acids is 2. The molecule has 2 amide bonds. The molecule has 28 heavy (non-hydrogen) atoms. The smallest absolute Gasteiger partial charge is 0.279 e. The fourth-order valence-electron chi connectivity index (χ4n) is 2.04. The predicted molar refractivity (Wildman–Crippen MR) is 104 cm³/mol. The van der Waals surface area contributed by atoms with E-state index in [1.807, 2.05) is 0 Å². The average molecular weight is 384 g/mol. The Morgan fingerprint density at radius 1 is 1.07 bits per heavy atom. The first-order valence-corrected chi connectivity index (χ1v) is 8.52. The lowest BCUT2D eigenvalue weighted by molar-refractivity contribution is -0.131. The van der Waals surface area contributed by atoms with Crippen molar-refractivity contribution in [3.05, 3.63) is 78.6 Å². The summed E-state index contributed by atoms with van der Waals surface area (Å²) in [5.41, 5.74) is 5.32. The lowest BCUT2D eigenvalue weighted by Crippen LogP contribution is -2.46. The Hall–Kier alpha value is -3.61. The van der Waals surface area contributed by atoms with Crippen molar-refractivity contribution in [1.82, 2.24) is 10.9 Å². The number of hydrogen-bond acceptors (Lipinski definition) is 4. The van der Waals surface area contributed by atoms with E-state index in [9.17, 15) is 14.0 Å². The largest absolute Gasteiger partial charge is 0.490 e. The number of halogens is 1. The zero-order valence-corrected chi connectivity index (χ0v) is 15.4. The van der Waals surface area contributed by atoms with Gasteiger partial charge in [-0.2, -0.15) is 0 Å². The lowest BCUT2D eigenvalue weighted by atomic mass is 10.2. The second-order valence-corrected chi connectivity index (χ2v) is 5.69. The Morgan fingerprint density at radius 2 is 1.71 bits per heavy atom. The molecular formula is C21H21FN2O4. The first kappa shape index (κ1) is 20.7. The second kappa shape index (κ2) is 10.5. The van der Waals surface area contributed by atoms with Gasteiger partial charge in [-0.15, -0.1) is 0 Å². The number of hydrazine groups is 1. The minimum Gasteiger partial charge on any atom is -0.490 e. The summed E-state index contributed by atoms with van der Waals surface area (Å²) < 4.78 is 23.6. The lowest BCUT2D eigenvalue weighted by Gasteiger charge is -2.14. The van der Waals surface area contributed by atoms with E-state index in [-0.39, 0.29) is 0 Å². The minimum absolute atomic E-state index is 0.343. The Bertz CT molecular complexity index is 832. The zero-order valence-electron chi connectivity index (χ0n) is 15.4. The van der Waals surface area contributed by atoms with Gasteiger partial charge in [-0.25, -0.2) is 4.39 Å². The maximum Gasteiger partial charge on any atom is 0.279 e. The van der Waals surface area contributed by atoms with Gasteiger partial charge in [-0.3, -0.25) is 20.4 Å². The third-order valence-corrected chi connectivity index (χ3v) is 3.48. The number of rotatable bonds is 8. The molecule has 0 unspecified atom stereocenters. The van der Waals surface area contributed by atoms with Crippen molar-refractivity contribution in [1.29, 1.82) is 0 Å². The molecule has 0 aliphatic heterocycles. The number of ether oxygens (including phenoxy) is 2. The fraction of sp³-hybridized carbons (Fsp3) is 0.143. The van der Waals surface area contributed by atoms with E-state index < -0.39 is 23.7 Å². The Morgan fingerprint density at radius 3 is 2.36 bits per heavy atom. The van der Waals surface area contributed by atoms with E-state index in [0.717, 1.165) is 5.56 Å². The van der Waals surface area contributed by atoms with Crippen LogP contribution in [0.5, 0.6) is 11.5 Å². The number of benzene rings is 2. The SMILES string of the molecule is C=CCOc1ccc(/C=C/C(=O)NNC(=O)[C@@H](C)Oc2ccc(F)cc2)cc1. The summed E-state index contributed by atoms with van der Waals surface area (Å²) in [5.74, 6) is -0.411. The van der Waals surface area contributed by atoms with Crippen LogP contribution < -0.4 is 20.3 Å². The fourth-order valence-corrected chi connectivity index (χ4v) is 2.04. The molecule has 2 aromatic carbocycles. The van der Waals surface area contributed by atoms with Crippen molar-refractivity contribution in [3.8, 4) is 11.5 Å². The highest BCUT2D eigenvalue weighted by atomic mass is 19.1. The highest BCUT2D eigenvalue weighted by molar-refractivity contribution is 5.93. The molecule has 0 aliphatic rings. The van der Waals surface area contributed by atoms with Crippen molar-refractivity contribution in [2.75, 3.05) is 6.61 Å². The third-order valence-electron chi connectivity index (χ3n) is 3.48. The monoisotopic (exact) mass is 384 g/mol.